The van der Waals surface area contributed by atoms with Crippen molar-refractivity contribution in [3.05, 3.63) is 60.9 Å². The van der Waals surface area contributed by atoms with Crippen LogP contribution in [0.2, 0.25) is 0 Å². The number of morpholine rings is 1. The number of rotatable bonds is 4. The molecule has 2 unspecified atom stereocenters. The standard InChI is InChI=1S/C25H24FN7OS/c1-15-11-32(12-16(2)34-15)20-6-17-7-21(4-5-23(17)27-10-20)35-25-30-29-24-22(26)8-18(14-33(24)25)19-9-28-31(3)13-19/h4-10,13-16H,11-12H2,1-3H3. The predicted molar refractivity (Wildman–Crippen MR) is 133 cm³/mol. The lowest BCUT2D eigenvalue weighted by molar-refractivity contribution is -0.00522. The first-order valence-electron chi connectivity index (χ1n) is 11.4. The summed E-state index contributed by atoms with van der Waals surface area (Å²) in [6.45, 7) is 5.86. The fraction of sp³-hybridized carbons (Fsp3) is 0.280. The Balaban J connectivity index is 1.33. The first-order valence-corrected chi connectivity index (χ1v) is 12.3. The van der Waals surface area contributed by atoms with Crippen molar-refractivity contribution in [2.24, 2.45) is 7.05 Å². The highest BCUT2D eigenvalue weighted by molar-refractivity contribution is 7.99. The van der Waals surface area contributed by atoms with Gasteiger partial charge in [-0.05, 0) is 55.9 Å². The van der Waals surface area contributed by atoms with E-state index in [1.54, 1.807) is 15.3 Å². The van der Waals surface area contributed by atoms with Gasteiger partial charge in [0.1, 0.15) is 0 Å². The van der Waals surface area contributed by atoms with Crippen LogP contribution in [-0.4, -0.2) is 54.7 Å². The Morgan fingerprint density at radius 2 is 1.83 bits per heavy atom. The van der Waals surface area contributed by atoms with E-state index >= 15 is 0 Å². The van der Waals surface area contributed by atoms with E-state index in [1.165, 1.54) is 17.8 Å². The van der Waals surface area contributed by atoms with Crippen molar-refractivity contribution in [1.29, 1.82) is 0 Å². The lowest BCUT2D eigenvalue weighted by Gasteiger charge is -2.36. The van der Waals surface area contributed by atoms with Gasteiger partial charge in [-0.25, -0.2) is 4.39 Å². The predicted octanol–water partition coefficient (Wildman–Crippen LogP) is 4.58. The maximum Gasteiger partial charge on any atom is 0.200 e. The molecule has 0 aliphatic carbocycles. The van der Waals surface area contributed by atoms with Gasteiger partial charge < -0.3 is 9.64 Å². The molecule has 6 rings (SSSR count). The number of halogens is 1. The summed E-state index contributed by atoms with van der Waals surface area (Å²) in [4.78, 5) is 7.96. The number of anilines is 1. The average molecular weight is 490 g/mol. The zero-order valence-corrected chi connectivity index (χ0v) is 20.4. The number of benzene rings is 1. The van der Waals surface area contributed by atoms with Gasteiger partial charge in [0.15, 0.2) is 11.5 Å². The molecule has 0 saturated carbocycles. The zero-order chi connectivity index (χ0) is 24.1. The van der Waals surface area contributed by atoms with Crippen LogP contribution in [0.1, 0.15) is 13.8 Å². The topological polar surface area (TPSA) is 73.4 Å². The van der Waals surface area contributed by atoms with Crippen molar-refractivity contribution in [3.63, 3.8) is 0 Å². The van der Waals surface area contributed by atoms with Crippen LogP contribution in [0, 0.1) is 5.82 Å². The van der Waals surface area contributed by atoms with E-state index in [0.29, 0.717) is 10.7 Å². The van der Waals surface area contributed by atoms with E-state index in [-0.39, 0.29) is 17.9 Å². The second-order valence-electron chi connectivity index (χ2n) is 8.97. The van der Waals surface area contributed by atoms with E-state index in [2.05, 4.69) is 51.2 Å². The minimum absolute atomic E-state index is 0.175. The van der Waals surface area contributed by atoms with Gasteiger partial charge in [0.05, 0.1) is 35.8 Å². The molecule has 35 heavy (non-hydrogen) atoms. The van der Waals surface area contributed by atoms with Crippen molar-refractivity contribution in [3.8, 4) is 11.1 Å². The summed E-state index contributed by atoms with van der Waals surface area (Å²) >= 11 is 1.44. The minimum Gasteiger partial charge on any atom is -0.372 e. The average Bonchev–Trinajstić information content (AvgIpc) is 3.44. The molecule has 178 valence electrons. The second-order valence-corrected chi connectivity index (χ2v) is 10.0. The van der Waals surface area contributed by atoms with Gasteiger partial charge in [-0.3, -0.25) is 14.1 Å². The summed E-state index contributed by atoms with van der Waals surface area (Å²) in [5, 5.41) is 14.1. The van der Waals surface area contributed by atoms with Crippen LogP contribution in [0.4, 0.5) is 10.1 Å². The highest BCUT2D eigenvalue weighted by Gasteiger charge is 2.23. The van der Waals surface area contributed by atoms with Gasteiger partial charge in [0.2, 0.25) is 5.16 Å². The summed E-state index contributed by atoms with van der Waals surface area (Å²) in [5.41, 5.74) is 3.74. The first-order chi connectivity index (χ1) is 16.9. The van der Waals surface area contributed by atoms with Crippen molar-refractivity contribution < 1.29 is 9.13 Å². The van der Waals surface area contributed by atoms with Gasteiger partial charge in [-0.2, -0.15) is 5.10 Å². The number of aromatic nitrogens is 6. The summed E-state index contributed by atoms with van der Waals surface area (Å²) in [6.07, 6.45) is 7.68. The number of hydrogen-bond acceptors (Lipinski definition) is 7. The van der Waals surface area contributed by atoms with Gasteiger partial charge in [-0.1, -0.05) is 0 Å². The number of aryl methyl sites for hydroxylation is 1. The minimum atomic E-state index is -0.424. The quantitative estimate of drug-likeness (QED) is 0.366. The highest BCUT2D eigenvalue weighted by atomic mass is 32.2. The van der Waals surface area contributed by atoms with Gasteiger partial charge in [0, 0.05) is 53.9 Å². The van der Waals surface area contributed by atoms with Crippen molar-refractivity contribution >= 4 is 34.0 Å². The fourth-order valence-corrected chi connectivity index (χ4v) is 5.41. The Hall–Kier alpha value is -3.50. The number of fused-ring (bicyclic) bond motifs is 2. The molecule has 4 aromatic heterocycles. The largest absolute Gasteiger partial charge is 0.372 e. The molecule has 10 heteroatoms. The van der Waals surface area contributed by atoms with Crippen LogP contribution < -0.4 is 4.90 Å². The van der Waals surface area contributed by atoms with Gasteiger partial charge >= 0.3 is 0 Å². The Bertz CT molecular complexity index is 1540. The highest BCUT2D eigenvalue weighted by Crippen LogP contribution is 2.32. The molecule has 1 saturated heterocycles. The van der Waals surface area contributed by atoms with E-state index in [0.717, 1.165) is 40.1 Å². The maximum atomic E-state index is 14.8. The number of nitrogens with zero attached hydrogens (tertiary/aromatic N) is 7. The molecule has 1 fully saturated rings. The van der Waals surface area contributed by atoms with Crippen LogP contribution in [-0.2, 0) is 11.8 Å². The molecule has 5 heterocycles. The summed E-state index contributed by atoms with van der Waals surface area (Å²) in [6, 6.07) is 9.72. The SMILES string of the molecule is CC1CN(c2cnc3ccc(Sc4nnc5c(F)cc(-c6cnn(C)c6)cn45)cc3c2)CC(C)O1. The van der Waals surface area contributed by atoms with Gasteiger partial charge in [0.25, 0.3) is 0 Å². The number of hydrogen-bond donors (Lipinski definition) is 0. The molecule has 2 atom stereocenters. The van der Waals surface area contributed by atoms with Crippen LogP contribution in [0.15, 0.2) is 65.2 Å². The Morgan fingerprint density at radius 1 is 1.00 bits per heavy atom. The third-order valence-corrected chi connectivity index (χ3v) is 7.05. The molecule has 1 aliphatic heterocycles. The van der Waals surface area contributed by atoms with Crippen LogP contribution in [0.3, 0.4) is 0 Å². The number of ether oxygens (including phenoxy) is 1. The lowest BCUT2D eigenvalue weighted by Crippen LogP contribution is -2.45. The van der Waals surface area contributed by atoms with Crippen LogP contribution in [0.5, 0.6) is 0 Å². The summed E-state index contributed by atoms with van der Waals surface area (Å²) in [5.74, 6) is -0.424. The molecule has 5 aromatic rings. The molecular formula is C25H24FN7OS. The molecule has 8 nitrogen and oxygen atoms in total. The zero-order valence-electron chi connectivity index (χ0n) is 19.6. The van der Waals surface area contributed by atoms with E-state index in [4.69, 9.17) is 4.74 Å². The van der Waals surface area contributed by atoms with Crippen molar-refractivity contribution in [2.45, 2.75) is 36.1 Å². The second kappa shape index (κ2) is 8.62. The Morgan fingerprint density at radius 3 is 2.60 bits per heavy atom. The third kappa shape index (κ3) is 4.23. The number of pyridine rings is 2. The summed E-state index contributed by atoms with van der Waals surface area (Å²) in [7, 11) is 1.83. The normalized spacial score (nSPS) is 18.6. The van der Waals surface area contributed by atoms with Gasteiger partial charge in [-0.15, -0.1) is 10.2 Å². The lowest BCUT2D eigenvalue weighted by atomic mass is 10.1. The molecule has 1 aromatic carbocycles. The Labute approximate surface area is 205 Å². The van der Waals surface area contributed by atoms with Crippen LogP contribution >= 0.6 is 11.8 Å². The molecule has 1 aliphatic rings. The van der Waals surface area contributed by atoms with Crippen LogP contribution in [0.25, 0.3) is 27.7 Å². The third-order valence-electron chi connectivity index (χ3n) is 6.10. The smallest absolute Gasteiger partial charge is 0.200 e. The van der Waals surface area contributed by atoms with Crippen molar-refractivity contribution in [1.82, 2.24) is 29.4 Å². The molecule has 0 N–H and O–H groups in total. The monoisotopic (exact) mass is 489 g/mol. The van der Waals surface area contributed by atoms with Crippen molar-refractivity contribution in [2.75, 3.05) is 18.0 Å². The molecule has 0 amide bonds. The summed E-state index contributed by atoms with van der Waals surface area (Å²) < 4.78 is 24.0. The molecular weight excluding hydrogens is 465 g/mol. The fourth-order valence-electron chi connectivity index (χ4n) is 4.56. The maximum absolute atomic E-state index is 14.8. The Kier molecular flexibility index (Phi) is 5.42. The molecule has 0 radical (unpaired) electrons. The molecule has 0 spiro atoms. The van der Waals surface area contributed by atoms with E-state index in [9.17, 15) is 4.39 Å². The first kappa shape index (κ1) is 22.0. The van der Waals surface area contributed by atoms with E-state index < -0.39 is 5.82 Å². The molecule has 0 bridgehead atoms. The van der Waals surface area contributed by atoms with E-state index in [1.807, 2.05) is 37.8 Å².